The van der Waals surface area contributed by atoms with Crippen LogP contribution in [0.1, 0.15) is 5.56 Å². The molecule has 1 aromatic rings. The van der Waals surface area contributed by atoms with Crippen molar-refractivity contribution in [3.05, 3.63) is 17.7 Å². The molecule has 0 atom stereocenters. The lowest BCUT2D eigenvalue weighted by atomic mass is 10.1. The summed E-state index contributed by atoms with van der Waals surface area (Å²) >= 11 is 0. The van der Waals surface area contributed by atoms with Gasteiger partial charge in [0.15, 0.2) is 0 Å². The summed E-state index contributed by atoms with van der Waals surface area (Å²) in [6, 6.07) is 1.47. The monoisotopic (exact) mass is 345 g/mol. The zero-order valence-corrected chi connectivity index (χ0v) is 12.3. The molecule has 0 aliphatic heterocycles. The lowest BCUT2D eigenvalue weighted by Crippen LogP contribution is -2.41. The summed E-state index contributed by atoms with van der Waals surface area (Å²) in [6.45, 7) is 0. The first-order chi connectivity index (χ1) is 9.83. The van der Waals surface area contributed by atoms with Gasteiger partial charge in [-0.3, -0.25) is 5.73 Å². The molecule has 0 spiro atoms. The van der Waals surface area contributed by atoms with Gasteiger partial charge in [-0.1, -0.05) is 0 Å². The van der Waals surface area contributed by atoms with Crippen LogP contribution in [0.4, 0.5) is 13.2 Å². The molecule has 0 aliphatic carbocycles. The molecule has 11 heteroatoms. The number of ether oxygens (including phenoxy) is 2. The molecule has 0 fully saturated rings. The Morgan fingerprint density at radius 3 is 2.00 bits per heavy atom. The number of rotatable bonds is 5. The number of hydrogen-bond acceptors (Lipinski definition) is 7. The highest BCUT2D eigenvalue weighted by molar-refractivity contribution is 7.92. The van der Waals surface area contributed by atoms with Crippen LogP contribution in [0.5, 0.6) is 11.5 Å². The van der Waals surface area contributed by atoms with Gasteiger partial charge >= 0.3 is 5.51 Å². The standard InChI is InChI=1S/C11H14F3NO6S/c1-20-7-4-9(22(18,19)11(12,13)14)8(21-2)3-6(7)5-10(15,16)17/h3-4,16-17H,5,15H2,1-2H3. The van der Waals surface area contributed by atoms with E-state index in [2.05, 4.69) is 4.74 Å². The van der Waals surface area contributed by atoms with Crippen molar-refractivity contribution in [3.63, 3.8) is 0 Å². The van der Waals surface area contributed by atoms with E-state index in [0.29, 0.717) is 6.07 Å². The number of methoxy groups -OCH3 is 2. The fraction of sp³-hybridized carbons (Fsp3) is 0.455. The number of nitrogens with two attached hydrogens (primary N) is 1. The van der Waals surface area contributed by atoms with E-state index in [0.717, 1.165) is 20.3 Å². The molecular weight excluding hydrogens is 331 g/mol. The Hall–Kier alpha value is -1.56. The van der Waals surface area contributed by atoms with Crippen LogP contribution >= 0.6 is 0 Å². The number of halogens is 3. The average Bonchev–Trinajstić information content (AvgIpc) is 2.34. The molecule has 22 heavy (non-hydrogen) atoms. The predicted octanol–water partition coefficient (Wildman–Crippen LogP) is 0.137. The van der Waals surface area contributed by atoms with Crippen molar-refractivity contribution in [2.24, 2.45) is 5.73 Å². The van der Waals surface area contributed by atoms with Gasteiger partial charge in [0, 0.05) is 18.1 Å². The van der Waals surface area contributed by atoms with Gasteiger partial charge in [-0.15, -0.1) is 0 Å². The van der Waals surface area contributed by atoms with Crippen molar-refractivity contribution in [1.82, 2.24) is 0 Å². The molecular formula is C11H14F3NO6S. The summed E-state index contributed by atoms with van der Waals surface area (Å²) in [5.41, 5.74) is -0.585. The Balaban J connectivity index is 3.57. The van der Waals surface area contributed by atoms with Gasteiger partial charge in [-0.25, -0.2) is 8.42 Å². The van der Waals surface area contributed by atoms with Crippen LogP contribution in [-0.4, -0.2) is 44.3 Å². The van der Waals surface area contributed by atoms with Crippen molar-refractivity contribution in [1.29, 1.82) is 0 Å². The van der Waals surface area contributed by atoms with Crippen molar-refractivity contribution in [3.8, 4) is 11.5 Å². The van der Waals surface area contributed by atoms with E-state index in [9.17, 15) is 21.6 Å². The SMILES string of the molecule is COc1cc(S(=O)(=O)C(F)(F)F)c(OC)cc1CC(N)(O)O. The summed E-state index contributed by atoms with van der Waals surface area (Å²) in [5.74, 6) is -3.61. The Labute approximate surface area is 124 Å². The summed E-state index contributed by atoms with van der Waals surface area (Å²) in [6.07, 6.45) is -0.626. The highest BCUT2D eigenvalue weighted by atomic mass is 32.2. The van der Waals surface area contributed by atoms with Gasteiger partial charge in [-0.05, 0) is 6.07 Å². The number of sulfone groups is 1. The second kappa shape index (κ2) is 5.91. The summed E-state index contributed by atoms with van der Waals surface area (Å²) in [7, 11) is -3.63. The Morgan fingerprint density at radius 1 is 1.14 bits per heavy atom. The maximum Gasteiger partial charge on any atom is 0.502 e. The second-order valence-corrected chi connectivity index (χ2v) is 6.23. The molecule has 0 bridgehead atoms. The number of hydrogen-bond donors (Lipinski definition) is 3. The van der Waals surface area contributed by atoms with E-state index in [4.69, 9.17) is 20.7 Å². The lowest BCUT2D eigenvalue weighted by molar-refractivity contribution is -0.153. The van der Waals surface area contributed by atoms with Crippen molar-refractivity contribution in [2.75, 3.05) is 14.2 Å². The molecule has 0 amide bonds. The molecule has 1 rings (SSSR count). The predicted molar refractivity (Wildman–Crippen MR) is 67.8 cm³/mol. The van der Waals surface area contributed by atoms with E-state index in [1.54, 1.807) is 0 Å². The normalized spacial score (nSPS) is 13.1. The van der Waals surface area contributed by atoms with Crippen LogP contribution in [0.15, 0.2) is 17.0 Å². The minimum Gasteiger partial charge on any atom is -0.496 e. The third-order valence-electron chi connectivity index (χ3n) is 2.61. The molecule has 126 valence electrons. The second-order valence-electron chi connectivity index (χ2n) is 4.32. The molecule has 1 aromatic carbocycles. The molecule has 0 heterocycles. The smallest absolute Gasteiger partial charge is 0.496 e. The molecule has 0 unspecified atom stereocenters. The number of aliphatic hydroxyl groups is 2. The van der Waals surface area contributed by atoms with Crippen LogP contribution in [0.3, 0.4) is 0 Å². The number of alkyl halides is 3. The maximum absolute atomic E-state index is 12.7. The van der Waals surface area contributed by atoms with Gasteiger partial charge in [0.1, 0.15) is 16.4 Å². The largest absolute Gasteiger partial charge is 0.502 e. The third-order valence-corrected chi connectivity index (χ3v) is 4.12. The Kier molecular flexibility index (Phi) is 4.97. The van der Waals surface area contributed by atoms with E-state index in [1.165, 1.54) is 0 Å². The minimum atomic E-state index is -5.67. The van der Waals surface area contributed by atoms with Crippen LogP contribution in [0, 0.1) is 0 Å². The molecule has 7 nitrogen and oxygen atoms in total. The van der Waals surface area contributed by atoms with Crippen LogP contribution in [0.2, 0.25) is 0 Å². The van der Waals surface area contributed by atoms with Gasteiger partial charge in [0.05, 0.1) is 14.2 Å². The molecule has 4 N–H and O–H groups in total. The van der Waals surface area contributed by atoms with Crippen LogP contribution in [-0.2, 0) is 16.3 Å². The van der Waals surface area contributed by atoms with Crippen molar-refractivity contribution < 1.29 is 41.3 Å². The summed E-state index contributed by atoms with van der Waals surface area (Å²) < 4.78 is 70.4. The molecule has 0 radical (unpaired) electrons. The summed E-state index contributed by atoms with van der Waals surface area (Å²) in [5, 5.41) is 18.3. The molecule has 0 aliphatic rings. The average molecular weight is 345 g/mol. The van der Waals surface area contributed by atoms with E-state index >= 15 is 0 Å². The summed E-state index contributed by atoms with van der Waals surface area (Å²) in [4.78, 5) is -1.15. The molecule has 0 aromatic heterocycles. The maximum atomic E-state index is 12.7. The van der Waals surface area contributed by atoms with Gasteiger partial charge in [0.2, 0.25) is 5.91 Å². The van der Waals surface area contributed by atoms with E-state index in [1.807, 2.05) is 0 Å². The minimum absolute atomic E-state index is 0.0482. The Morgan fingerprint density at radius 2 is 1.64 bits per heavy atom. The zero-order chi connectivity index (χ0) is 17.3. The van der Waals surface area contributed by atoms with Crippen molar-refractivity contribution in [2.45, 2.75) is 22.7 Å². The van der Waals surface area contributed by atoms with Gasteiger partial charge in [0.25, 0.3) is 9.84 Å². The molecule has 0 saturated heterocycles. The van der Waals surface area contributed by atoms with Gasteiger partial charge in [-0.2, -0.15) is 13.2 Å². The fourth-order valence-corrected chi connectivity index (χ4v) is 2.60. The van der Waals surface area contributed by atoms with Crippen molar-refractivity contribution >= 4 is 9.84 Å². The zero-order valence-electron chi connectivity index (χ0n) is 11.5. The quantitative estimate of drug-likeness (QED) is 0.649. The first kappa shape index (κ1) is 18.5. The van der Waals surface area contributed by atoms with Gasteiger partial charge < -0.3 is 19.7 Å². The number of benzene rings is 1. The lowest BCUT2D eigenvalue weighted by Gasteiger charge is -2.20. The van der Waals surface area contributed by atoms with Crippen LogP contribution in [0.25, 0.3) is 0 Å². The van der Waals surface area contributed by atoms with E-state index in [-0.39, 0.29) is 11.3 Å². The Bertz CT molecular complexity index is 651. The first-order valence-corrected chi connectivity index (χ1v) is 7.11. The highest BCUT2D eigenvalue weighted by Gasteiger charge is 2.48. The van der Waals surface area contributed by atoms with E-state index < -0.39 is 38.3 Å². The molecule has 0 saturated carbocycles. The first-order valence-electron chi connectivity index (χ1n) is 5.63. The van der Waals surface area contributed by atoms with Crippen LogP contribution < -0.4 is 15.2 Å². The third kappa shape index (κ3) is 3.80. The highest BCUT2D eigenvalue weighted by Crippen LogP contribution is 2.39. The fourth-order valence-electron chi connectivity index (χ4n) is 1.69. The topological polar surface area (TPSA) is 119 Å².